The van der Waals surface area contributed by atoms with Crippen molar-refractivity contribution in [3.8, 4) is 0 Å². The van der Waals surface area contributed by atoms with E-state index in [-0.39, 0.29) is 6.04 Å². The Bertz CT molecular complexity index is 1180. The summed E-state index contributed by atoms with van der Waals surface area (Å²) in [6.45, 7) is 0. The van der Waals surface area contributed by atoms with Crippen molar-refractivity contribution in [3.63, 3.8) is 0 Å². The van der Waals surface area contributed by atoms with E-state index in [4.69, 9.17) is 11.5 Å². The Morgan fingerprint density at radius 3 is 2.55 bits per heavy atom. The standard InChI is InChI=1S/C25H28N6/c26-20-11-9-19(10-12-20)22-23(25-28-13-14-31(25)30-24(22)27)29-21-8-4-7-18(16-21)15-17-5-2-1-3-6-17/h1-8,13-14,16,19-20,29H,9-12,15,26H2,(H2,27,30)/t19-,20-. The average Bonchev–Trinajstić information content (AvgIpc) is 3.24. The summed E-state index contributed by atoms with van der Waals surface area (Å²) in [7, 11) is 0. The van der Waals surface area contributed by atoms with E-state index in [9.17, 15) is 0 Å². The molecule has 0 radical (unpaired) electrons. The quantitative estimate of drug-likeness (QED) is 0.444. The number of rotatable bonds is 5. The number of anilines is 3. The topological polar surface area (TPSA) is 94.3 Å². The first-order chi connectivity index (χ1) is 15.2. The van der Waals surface area contributed by atoms with Gasteiger partial charge in [-0.2, -0.15) is 0 Å². The van der Waals surface area contributed by atoms with Crippen LogP contribution >= 0.6 is 0 Å². The number of hydrogen-bond acceptors (Lipinski definition) is 5. The molecule has 0 amide bonds. The lowest BCUT2D eigenvalue weighted by molar-refractivity contribution is 0.396. The maximum atomic E-state index is 6.47. The van der Waals surface area contributed by atoms with Crippen LogP contribution in [0.4, 0.5) is 17.2 Å². The van der Waals surface area contributed by atoms with Crippen LogP contribution in [0.3, 0.4) is 0 Å². The van der Waals surface area contributed by atoms with E-state index in [1.165, 1.54) is 11.1 Å². The Balaban J connectivity index is 1.50. The molecule has 0 saturated heterocycles. The van der Waals surface area contributed by atoms with Gasteiger partial charge in [0.05, 0.1) is 5.69 Å². The van der Waals surface area contributed by atoms with Gasteiger partial charge >= 0.3 is 0 Å². The highest BCUT2D eigenvalue weighted by Gasteiger charge is 2.27. The smallest absolute Gasteiger partial charge is 0.177 e. The van der Waals surface area contributed by atoms with Gasteiger partial charge in [-0.1, -0.05) is 42.5 Å². The summed E-state index contributed by atoms with van der Waals surface area (Å²) in [6.07, 6.45) is 8.55. The lowest BCUT2D eigenvalue weighted by Crippen LogP contribution is -2.26. The van der Waals surface area contributed by atoms with Gasteiger partial charge in [0.2, 0.25) is 0 Å². The van der Waals surface area contributed by atoms with Crippen molar-refractivity contribution >= 4 is 22.8 Å². The monoisotopic (exact) mass is 412 g/mol. The van der Waals surface area contributed by atoms with E-state index in [1.54, 1.807) is 10.7 Å². The molecular formula is C25H28N6. The zero-order chi connectivity index (χ0) is 21.2. The lowest BCUT2D eigenvalue weighted by atomic mass is 9.81. The molecule has 1 saturated carbocycles. The van der Waals surface area contributed by atoms with Gasteiger partial charge in [-0.3, -0.25) is 0 Å². The molecule has 4 aromatic rings. The number of nitrogens with zero attached hydrogens (tertiary/aromatic N) is 3. The highest BCUT2D eigenvalue weighted by Crippen LogP contribution is 2.41. The number of nitrogen functional groups attached to an aromatic ring is 1. The van der Waals surface area contributed by atoms with E-state index in [1.807, 2.05) is 12.3 Å². The summed E-state index contributed by atoms with van der Waals surface area (Å²) in [4.78, 5) is 4.57. The Morgan fingerprint density at radius 1 is 0.968 bits per heavy atom. The van der Waals surface area contributed by atoms with Gasteiger partial charge in [-0.05, 0) is 61.3 Å². The normalized spacial score (nSPS) is 18.9. The average molecular weight is 413 g/mol. The predicted molar refractivity (Wildman–Crippen MR) is 126 cm³/mol. The first kappa shape index (κ1) is 19.6. The summed E-state index contributed by atoms with van der Waals surface area (Å²) >= 11 is 0. The number of benzene rings is 2. The van der Waals surface area contributed by atoms with Crippen LogP contribution in [0, 0.1) is 0 Å². The van der Waals surface area contributed by atoms with Gasteiger partial charge in [0, 0.05) is 29.7 Å². The van der Waals surface area contributed by atoms with Crippen molar-refractivity contribution < 1.29 is 0 Å². The molecule has 6 heteroatoms. The van der Waals surface area contributed by atoms with E-state index in [2.05, 4.69) is 63.9 Å². The first-order valence-corrected chi connectivity index (χ1v) is 11.0. The summed E-state index contributed by atoms with van der Waals surface area (Å²) in [5.74, 6) is 0.901. The molecule has 2 aromatic carbocycles. The number of fused-ring (bicyclic) bond motifs is 1. The van der Waals surface area contributed by atoms with Crippen LogP contribution in [0.15, 0.2) is 67.0 Å². The SMILES string of the molecule is Nc1nn2ccnc2c(Nc2cccc(Cc3ccccc3)c2)c1[C@H]1CC[C@H](N)CC1. The molecule has 158 valence electrons. The largest absolute Gasteiger partial charge is 0.382 e. The van der Waals surface area contributed by atoms with Gasteiger partial charge < -0.3 is 16.8 Å². The molecule has 0 unspecified atom stereocenters. The highest BCUT2D eigenvalue weighted by atomic mass is 15.3. The maximum absolute atomic E-state index is 6.47. The molecule has 2 heterocycles. The molecule has 2 aromatic heterocycles. The van der Waals surface area contributed by atoms with Gasteiger partial charge in [0.25, 0.3) is 0 Å². The van der Waals surface area contributed by atoms with Crippen molar-refractivity contribution in [1.29, 1.82) is 0 Å². The summed E-state index contributed by atoms with van der Waals surface area (Å²) in [5.41, 5.74) is 19.0. The molecule has 5 rings (SSSR count). The summed E-state index contributed by atoms with van der Waals surface area (Å²) in [5, 5.41) is 8.21. The van der Waals surface area contributed by atoms with E-state index in [0.717, 1.165) is 54.7 Å². The Labute approximate surface area is 182 Å². The Kier molecular flexibility index (Phi) is 5.30. The summed E-state index contributed by atoms with van der Waals surface area (Å²) in [6, 6.07) is 19.3. The van der Waals surface area contributed by atoms with Crippen LogP contribution in [-0.4, -0.2) is 20.6 Å². The van der Waals surface area contributed by atoms with Gasteiger partial charge in [-0.25, -0.2) is 9.50 Å². The van der Waals surface area contributed by atoms with Crippen LogP contribution in [0.2, 0.25) is 0 Å². The third-order valence-electron chi connectivity index (χ3n) is 6.23. The maximum Gasteiger partial charge on any atom is 0.177 e. The summed E-state index contributed by atoms with van der Waals surface area (Å²) < 4.78 is 1.75. The van der Waals surface area contributed by atoms with Crippen LogP contribution in [-0.2, 0) is 6.42 Å². The number of nitrogens with two attached hydrogens (primary N) is 2. The third-order valence-corrected chi connectivity index (χ3v) is 6.23. The van der Waals surface area contributed by atoms with E-state index >= 15 is 0 Å². The molecule has 1 aliphatic carbocycles. The minimum Gasteiger partial charge on any atom is -0.382 e. The molecule has 31 heavy (non-hydrogen) atoms. The fourth-order valence-corrected chi connectivity index (χ4v) is 4.65. The lowest BCUT2D eigenvalue weighted by Gasteiger charge is -2.28. The third kappa shape index (κ3) is 4.11. The fraction of sp³-hybridized carbons (Fsp3) is 0.280. The Morgan fingerprint density at radius 2 is 1.74 bits per heavy atom. The molecule has 5 N–H and O–H groups in total. The highest BCUT2D eigenvalue weighted by molar-refractivity contribution is 5.80. The number of hydrogen-bond donors (Lipinski definition) is 3. The molecule has 0 aliphatic heterocycles. The van der Waals surface area contributed by atoms with Crippen molar-refractivity contribution in [2.45, 2.75) is 44.1 Å². The van der Waals surface area contributed by atoms with Crippen molar-refractivity contribution in [2.24, 2.45) is 5.73 Å². The Hall–Kier alpha value is -3.38. The van der Waals surface area contributed by atoms with Gasteiger partial charge in [0.15, 0.2) is 5.65 Å². The van der Waals surface area contributed by atoms with Crippen molar-refractivity contribution in [1.82, 2.24) is 14.6 Å². The fourth-order valence-electron chi connectivity index (χ4n) is 4.65. The molecule has 6 nitrogen and oxygen atoms in total. The molecule has 0 bridgehead atoms. The van der Waals surface area contributed by atoms with Crippen LogP contribution in [0.1, 0.15) is 48.3 Å². The predicted octanol–water partition coefficient (Wildman–Crippen LogP) is 4.63. The number of aromatic nitrogens is 3. The zero-order valence-corrected chi connectivity index (χ0v) is 17.5. The molecule has 0 spiro atoms. The van der Waals surface area contributed by atoms with Crippen molar-refractivity contribution in [3.05, 3.63) is 83.7 Å². The molecule has 0 atom stereocenters. The molecular weight excluding hydrogens is 384 g/mol. The second kappa shape index (κ2) is 8.40. The van der Waals surface area contributed by atoms with Crippen LogP contribution in [0.5, 0.6) is 0 Å². The second-order valence-electron chi connectivity index (χ2n) is 8.47. The second-order valence-corrected chi connectivity index (χ2v) is 8.47. The molecule has 1 aliphatic rings. The molecule has 1 fully saturated rings. The first-order valence-electron chi connectivity index (χ1n) is 11.0. The van der Waals surface area contributed by atoms with Crippen LogP contribution < -0.4 is 16.8 Å². The van der Waals surface area contributed by atoms with E-state index < -0.39 is 0 Å². The van der Waals surface area contributed by atoms with E-state index in [0.29, 0.717) is 11.7 Å². The van der Waals surface area contributed by atoms with Gasteiger partial charge in [0.1, 0.15) is 5.82 Å². The number of imidazole rings is 1. The van der Waals surface area contributed by atoms with Crippen LogP contribution in [0.25, 0.3) is 5.65 Å². The van der Waals surface area contributed by atoms with Crippen molar-refractivity contribution in [2.75, 3.05) is 11.1 Å². The number of nitrogens with one attached hydrogen (secondary N) is 1. The minimum atomic E-state index is 0.284. The minimum absolute atomic E-state index is 0.284. The van der Waals surface area contributed by atoms with Gasteiger partial charge in [-0.15, -0.1) is 5.10 Å². The zero-order valence-electron chi connectivity index (χ0n) is 17.5.